The van der Waals surface area contributed by atoms with Gasteiger partial charge in [0.1, 0.15) is 0 Å². The first-order valence-corrected chi connectivity index (χ1v) is 48.5. The van der Waals surface area contributed by atoms with E-state index >= 15 is 0 Å². The van der Waals surface area contributed by atoms with Crippen molar-refractivity contribution in [2.75, 3.05) is 149 Å². The largest absolute Gasteiger partial charge is 0.383 e. The van der Waals surface area contributed by atoms with Gasteiger partial charge in [0.25, 0.3) is 0 Å². The molecule has 12 aromatic heterocycles. The van der Waals surface area contributed by atoms with Crippen LogP contribution in [0.25, 0.3) is 99.5 Å². The molecule has 0 aliphatic carbocycles. The van der Waals surface area contributed by atoms with Crippen LogP contribution < -0.4 is 40.4 Å². The summed E-state index contributed by atoms with van der Waals surface area (Å²) in [4.78, 5) is 39.5. The maximum absolute atomic E-state index is 6.02. The molecule has 18 heterocycles. The fourth-order valence-corrected chi connectivity index (χ4v) is 19.0. The van der Waals surface area contributed by atoms with Crippen LogP contribution in [-0.2, 0) is 18.9 Å². The number of fused-ring (bicyclic) bond motifs is 8. The van der Waals surface area contributed by atoms with E-state index in [1.165, 1.54) is 35.1 Å². The van der Waals surface area contributed by atoms with Gasteiger partial charge in [-0.2, -0.15) is 0 Å². The molecular formula is C107H118Cl2N26O4. The minimum absolute atomic E-state index is 0.0824. The number of pyridine rings is 6. The number of hydrogen-bond donors (Lipinski definition) is 2. The molecule has 2 atom stereocenters. The number of likely N-dealkylation sites (N-methyl/N-ethyl adjacent to an activating group) is 1. The minimum atomic E-state index is -0.161. The lowest BCUT2D eigenvalue weighted by atomic mass is 10.0. The van der Waals surface area contributed by atoms with Gasteiger partial charge >= 0.3 is 0 Å². The SMILES string of the molecule is COCCN(C)c1nn(-c2ccc(C)cc2)c2cnccc12.Cc1ccc(-n2nc(N3CC4CCC(C3)O4)c3ccncc32)cc1.Cc1ccc(-n2nc(N3CCOC(C)(C)C3)c3ccncc32)cc1.Cc1ccc(-n2nc(N3CCOCC3(C)C)c3ccncc32)cc1.Clc1ccc(-n2nc(N3CCNCC3)c3ccncc32)cc1.NC1CCN(c2nn(-c3ccc(Cl)cc3)c3cnccc23)CC1. The van der Waals surface area contributed by atoms with Crippen LogP contribution >= 0.6 is 23.2 Å². The van der Waals surface area contributed by atoms with E-state index in [-0.39, 0.29) is 11.1 Å². The molecule has 2 bridgehead atoms. The molecule has 3 N–H and O–H groups in total. The van der Waals surface area contributed by atoms with Gasteiger partial charge in [0, 0.05) is 178 Å². The number of rotatable bonds is 15. The van der Waals surface area contributed by atoms with Crippen LogP contribution in [-0.4, -0.2) is 237 Å². The molecule has 32 heteroatoms. The molecule has 0 amide bonds. The van der Waals surface area contributed by atoms with Gasteiger partial charge in [-0.1, -0.05) is 94.0 Å². The first kappa shape index (κ1) is 94.2. The molecule has 139 heavy (non-hydrogen) atoms. The summed E-state index contributed by atoms with van der Waals surface area (Å²) in [5.41, 5.74) is 23.0. The summed E-state index contributed by atoms with van der Waals surface area (Å²) in [5, 5.41) is 40.9. The van der Waals surface area contributed by atoms with Crippen molar-refractivity contribution in [3.8, 4) is 34.1 Å². The molecule has 6 aromatic carbocycles. The molecule has 24 rings (SSSR count). The van der Waals surface area contributed by atoms with Gasteiger partial charge < -0.3 is 59.4 Å². The molecule has 18 aromatic rings. The molecule has 6 aliphatic heterocycles. The average molecular weight is 1900 g/mol. The monoisotopic (exact) mass is 1900 g/mol. The standard InChI is InChI=1S/C19H20N4O.2C19H22N4O.C17H18ClN5.C17H20N4O.C16H16ClN5/c1-13-2-4-14(5-3-13)23-18-10-20-9-8-17(18)19(21-23)22-11-15-6-7-16(12-22)24-15;1-14-4-6-15(7-5-14)23-17-12-20-9-8-16(17)18(21-23)22-10-11-24-13-19(22,2)3;1-14-4-6-15(7-5-14)23-17-12-20-9-8-16(17)18(21-23)22-10-11-24-19(2,3)13-22;18-12-1-3-14(4-2-12)23-16-11-20-8-5-15(16)17(21-23)22-9-6-13(19)7-10-22;1-13-4-6-14(7-5-13)21-16-12-18-9-8-15(16)17(19-21)20(2)10-11-22-3;17-12-1-3-13(4-2-12)22-15-11-19-6-5-14(15)16(20-22)21-9-7-18-8-10-21/h2-5,8-10,15-16H,6-7,11-12H2,1H3;2*4-9,12H,10-11,13H2,1-3H3;1-5,8,11,13H,6-7,9-10,19H2;4-9,12H,10-11H2,1-3H3;1-6,11,18H,7-10H2. The maximum atomic E-state index is 6.02. The number of piperidine rings is 1. The maximum Gasteiger partial charge on any atom is 0.159 e. The predicted molar refractivity (Wildman–Crippen MR) is 556 cm³/mol. The molecule has 6 fully saturated rings. The Bertz CT molecular complexity index is 7080. The molecule has 2 unspecified atom stereocenters. The van der Waals surface area contributed by atoms with Crippen molar-refractivity contribution in [1.82, 2.24) is 93.9 Å². The molecule has 0 radical (unpaired) electrons. The number of nitrogens with one attached hydrogen (secondary N) is 1. The van der Waals surface area contributed by atoms with E-state index in [1.54, 1.807) is 13.3 Å². The van der Waals surface area contributed by atoms with Gasteiger partial charge in [0.15, 0.2) is 34.9 Å². The number of aromatic nitrogens is 18. The number of hydrogen-bond acceptors (Lipinski definition) is 24. The Labute approximate surface area is 818 Å². The quantitative estimate of drug-likeness (QED) is 0.0964. The summed E-state index contributed by atoms with van der Waals surface area (Å²) < 4.78 is 34.5. The molecule has 714 valence electrons. The van der Waals surface area contributed by atoms with E-state index in [0.717, 1.165) is 244 Å². The van der Waals surface area contributed by atoms with Crippen molar-refractivity contribution in [2.45, 2.75) is 110 Å². The summed E-state index contributed by atoms with van der Waals surface area (Å²) in [6, 6.07) is 61.6. The van der Waals surface area contributed by atoms with Crippen molar-refractivity contribution in [1.29, 1.82) is 0 Å². The van der Waals surface area contributed by atoms with Gasteiger partial charge in [0.05, 0.1) is 154 Å². The third-order valence-electron chi connectivity index (χ3n) is 26.3. The van der Waals surface area contributed by atoms with E-state index in [4.69, 9.17) is 78.5 Å². The van der Waals surface area contributed by atoms with Crippen LogP contribution in [0.5, 0.6) is 0 Å². The number of anilines is 6. The third kappa shape index (κ3) is 21.0. The van der Waals surface area contributed by atoms with Crippen LogP contribution in [0.15, 0.2) is 256 Å². The van der Waals surface area contributed by atoms with E-state index in [1.807, 2.05) is 182 Å². The van der Waals surface area contributed by atoms with Crippen molar-refractivity contribution in [3.05, 3.63) is 289 Å². The van der Waals surface area contributed by atoms with E-state index < -0.39 is 0 Å². The van der Waals surface area contributed by atoms with Crippen molar-refractivity contribution >= 4 is 124 Å². The van der Waals surface area contributed by atoms with E-state index in [9.17, 15) is 0 Å². The lowest BCUT2D eigenvalue weighted by Gasteiger charge is -2.42. The molecule has 0 spiro atoms. The molecular weight excluding hydrogens is 1780 g/mol. The Morgan fingerprint density at radius 2 is 0.734 bits per heavy atom. The molecule has 6 aliphatic rings. The highest BCUT2D eigenvalue weighted by atomic mass is 35.5. The van der Waals surface area contributed by atoms with Crippen molar-refractivity contribution < 1.29 is 18.9 Å². The Morgan fingerprint density at radius 3 is 1.12 bits per heavy atom. The van der Waals surface area contributed by atoms with Gasteiger partial charge in [0.2, 0.25) is 0 Å². The van der Waals surface area contributed by atoms with Gasteiger partial charge in [-0.25, -0.2) is 28.1 Å². The summed E-state index contributed by atoms with van der Waals surface area (Å²) in [6.45, 7) is 30.8. The predicted octanol–water partition coefficient (Wildman–Crippen LogP) is 18.1. The second-order valence-corrected chi connectivity index (χ2v) is 38.3. The number of nitrogens with two attached hydrogens (primary N) is 1. The smallest absolute Gasteiger partial charge is 0.159 e. The Morgan fingerprint density at radius 1 is 0.396 bits per heavy atom. The van der Waals surface area contributed by atoms with Crippen LogP contribution in [0.2, 0.25) is 10.0 Å². The minimum Gasteiger partial charge on any atom is -0.383 e. The van der Waals surface area contributed by atoms with Crippen molar-refractivity contribution in [3.63, 3.8) is 0 Å². The number of methoxy groups -OCH3 is 1. The zero-order valence-corrected chi connectivity index (χ0v) is 81.8. The number of ether oxygens (including phenoxy) is 4. The second-order valence-electron chi connectivity index (χ2n) is 37.4. The molecule has 0 saturated carbocycles. The van der Waals surface area contributed by atoms with E-state index in [0.29, 0.717) is 36.5 Å². The topological polar surface area (TPSA) is 279 Å². The van der Waals surface area contributed by atoms with Crippen molar-refractivity contribution in [2.24, 2.45) is 5.73 Å². The lowest BCUT2D eigenvalue weighted by Crippen LogP contribution is -2.53. The van der Waals surface area contributed by atoms with Crippen LogP contribution in [0.3, 0.4) is 0 Å². The van der Waals surface area contributed by atoms with Gasteiger partial charge in [-0.05, 0) is 215 Å². The normalized spacial score (nSPS) is 16.9. The summed E-state index contributed by atoms with van der Waals surface area (Å²) in [5.74, 6) is 6.02. The van der Waals surface area contributed by atoms with E-state index in [2.05, 4.69) is 223 Å². The Kier molecular flexibility index (Phi) is 28.4. The Hall–Kier alpha value is -13.8. The zero-order valence-electron chi connectivity index (χ0n) is 80.3. The highest BCUT2D eigenvalue weighted by Gasteiger charge is 2.38. The number of benzene rings is 6. The van der Waals surface area contributed by atoms with Crippen LogP contribution in [0.4, 0.5) is 34.9 Å². The first-order chi connectivity index (χ1) is 67.6. The molecule has 6 saturated heterocycles. The number of morpholine rings is 3. The highest BCUT2D eigenvalue weighted by molar-refractivity contribution is 6.31. The zero-order chi connectivity index (χ0) is 95.8. The summed E-state index contributed by atoms with van der Waals surface area (Å²) in [6.07, 6.45) is 27.2. The van der Waals surface area contributed by atoms with Gasteiger partial charge in [-0.15, -0.1) is 30.6 Å². The third-order valence-corrected chi connectivity index (χ3v) is 26.8. The average Bonchev–Trinajstić information content (AvgIpc) is 1.64. The van der Waals surface area contributed by atoms with Crippen LogP contribution in [0.1, 0.15) is 75.6 Å². The van der Waals surface area contributed by atoms with Gasteiger partial charge in [-0.3, -0.25) is 29.9 Å². The lowest BCUT2D eigenvalue weighted by molar-refractivity contribution is -0.0278. The highest BCUT2D eigenvalue weighted by Crippen LogP contribution is 2.40. The number of nitrogens with zero attached hydrogens (tertiary/aromatic N) is 24. The number of halogens is 2. The fraction of sp³-hybridized carbons (Fsp3) is 0.327. The second kappa shape index (κ2) is 41.9. The Balaban J connectivity index is 0.000000106. The number of aryl methyl sites for hydroxylation is 4. The summed E-state index contributed by atoms with van der Waals surface area (Å²) >= 11 is 12.0. The first-order valence-electron chi connectivity index (χ1n) is 47.7. The molecule has 30 nitrogen and oxygen atoms in total. The fourth-order valence-electron chi connectivity index (χ4n) is 18.7. The summed E-state index contributed by atoms with van der Waals surface area (Å²) in [7, 11) is 3.74. The number of piperazine rings is 1. The van der Waals surface area contributed by atoms with Crippen LogP contribution in [0, 0.1) is 27.7 Å².